The Balaban J connectivity index is 1.77. The summed E-state index contributed by atoms with van der Waals surface area (Å²) >= 11 is 1.62. The molecule has 2 heterocycles. The van der Waals surface area contributed by atoms with Crippen LogP contribution in [0.15, 0.2) is 29.4 Å². The lowest BCUT2D eigenvalue weighted by molar-refractivity contribution is 0.0361. The number of methoxy groups -OCH3 is 1. The lowest BCUT2D eigenvalue weighted by Gasteiger charge is -2.27. The number of rotatable bonds is 8. The molecular weight excluding hydrogens is 343 g/mol. The van der Waals surface area contributed by atoms with Crippen LogP contribution in [-0.2, 0) is 16.0 Å². The molecule has 6 nitrogen and oxygen atoms in total. The quantitative estimate of drug-likeness (QED) is 0.527. The van der Waals surface area contributed by atoms with Crippen LogP contribution in [0, 0.1) is 5.82 Å². The summed E-state index contributed by atoms with van der Waals surface area (Å²) in [6.45, 7) is 5.81. The van der Waals surface area contributed by atoms with Crippen molar-refractivity contribution in [3.63, 3.8) is 0 Å². The van der Waals surface area contributed by atoms with Crippen molar-refractivity contribution in [1.82, 2.24) is 19.7 Å². The SMILES string of the molecule is COCCSc1nnc(-c2ccc(F)cc2)n1CCN1CCOCC1. The minimum atomic E-state index is -0.252. The molecule has 1 saturated heterocycles. The predicted octanol–water partition coefficient (Wildman–Crippen LogP) is 2.15. The van der Waals surface area contributed by atoms with E-state index < -0.39 is 0 Å². The van der Waals surface area contributed by atoms with Gasteiger partial charge in [-0.3, -0.25) is 4.90 Å². The van der Waals surface area contributed by atoms with Gasteiger partial charge < -0.3 is 14.0 Å². The van der Waals surface area contributed by atoms with Crippen molar-refractivity contribution in [3.8, 4) is 11.4 Å². The molecule has 0 N–H and O–H groups in total. The summed E-state index contributed by atoms with van der Waals surface area (Å²) in [7, 11) is 1.69. The summed E-state index contributed by atoms with van der Waals surface area (Å²) in [5.41, 5.74) is 0.870. The van der Waals surface area contributed by atoms with Crippen molar-refractivity contribution in [2.75, 3.05) is 52.3 Å². The van der Waals surface area contributed by atoms with Crippen molar-refractivity contribution in [3.05, 3.63) is 30.1 Å². The van der Waals surface area contributed by atoms with Crippen LogP contribution >= 0.6 is 11.8 Å². The number of hydrogen-bond donors (Lipinski definition) is 0. The Morgan fingerprint density at radius 3 is 2.64 bits per heavy atom. The third-order valence-electron chi connectivity index (χ3n) is 4.08. The lowest BCUT2D eigenvalue weighted by atomic mass is 10.2. The molecule has 1 aliphatic heterocycles. The van der Waals surface area contributed by atoms with Crippen LogP contribution in [0.4, 0.5) is 4.39 Å². The van der Waals surface area contributed by atoms with Crippen molar-refractivity contribution < 1.29 is 13.9 Å². The van der Waals surface area contributed by atoms with E-state index in [2.05, 4.69) is 19.7 Å². The van der Waals surface area contributed by atoms with Crippen molar-refractivity contribution in [2.24, 2.45) is 0 Å². The Hall–Kier alpha value is -1.48. The first-order valence-electron chi connectivity index (χ1n) is 8.39. The van der Waals surface area contributed by atoms with E-state index in [-0.39, 0.29) is 5.82 Å². The first kappa shape index (κ1) is 18.3. The first-order valence-corrected chi connectivity index (χ1v) is 9.37. The van der Waals surface area contributed by atoms with Gasteiger partial charge in [-0.15, -0.1) is 10.2 Å². The van der Waals surface area contributed by atoms with E-state index in [4.69, 9.17) is 9.47 Å². The fourth-order valence-corrected chi connectivity index (χ4v) is 3.56. The second-order valence-corrected chi connectivity index (χ2v) is 6.82. The summed E-state index contributed by atoms with van der Waals surface area (Å²) in [6, 6.07) is 6.39. The minimum absolute atomic E-state index is 0.252. The smallest absolute Gasteiger partial charge is 0.191 e. The second kappa shape index (κ2) is 9.28. The molecular formula is C17H23FN4O2S. The Kier molecular flexibility index (Phi) is 6.80. The molecule has 1 aromatic carbocycles. The second-order valence-electron chi connectivity index (χ2n) is 5.76. The molecule has 8 heteroatoms. The number of nitrogens with zero attached hydrogens (tertiary/aromatic N) is 4. The number of hydrogen-bond acceptors (Lipinski definition) is 6. The number of halogens is 1. The van der Waals surface area contributed by atoms with Gasteiger partial charge in [0.15, 0.2) is 11.0 Å². The normalized spacial score (nSPS) is 15.6. The van der Waals surface area contributed by atoms with Gasteiger partial charge in [0.05, 0.1) is 19.8 Å². The molecule has 0 radical (unpaired) electrons. The average Bonchev–Trinajstić information content (AvgIpc) is 3.04. The number of morpholine rings is 1. The Morgan fingerprint density at radius 2 is 1.92 bits per heavy atom. The molecule has 0 bridgehead atoms. The number of aromatic nitrogens is 3. The zero-order valence-corrected chi connectivity index (χ0v) is 15.2. The third kappa shape index (κ3) is 5.01. The zero-order valence-electron chi connectivity index (χ0n) is 14.4. The lowest BCUT2D eigenvalue weighted by Crippen LogP contribution is -2.38. The largest absolute Gasteiger partial charge is 0.384 e. The fourth-order valence-electron chi connectivity index (χ4n) is 2.69. The van der Waals surface area contributed by atoms with Crippen molar-refractivity contribution in [2.45, 2.75) is 11.7 Å². The summed E-state index contributed by atoms with van der Waals surface area (Å²) in [5.74, 6) is 1.33. The molecule has 1 fully saturated rings. The minimum Gasteiger partial charge on any atom is -0.384 e. The highest BCUT2D eigenvalue weighted by Gasteiger charge is 2.17. The highest BCUT2D eigenvalue weighted by Crippen LogP contribution is 2.24. The maximum atomic E-state index is 13.2. The molecule has 25 heavy (non-hydrogen) atoms. The molecule has 0 unspecified atom stereocenters. The molecule has 0 aliphatic carbocycles. The Labute approximate surface area is 151 Å². The van der Waals surface area contributed by atoms with Gasteiger partial charge in [0.25, 0.3) is 0 Å². The van der Waals surface area contributed by atoms with Crippen LogP contribution in [0.25, 0.3) is 11.4 Å². The standard InChI is InChI=1S/C17H23FN4O2S/c1-23-12-13-25-17-20-19-16(14-2-4-15(18)5-3-14)22(17)7-6-21-8-10-24-11-9-21/h2-5H,6-13H2,1H3. The average molecular weight is 366 g/mol. The van der Waals surface area contributed by atoms with Gasteiger partial charge in [0.2, 0.25) is 0 Å². The molecule has 3 rings (SSSR count). The van der Waals surface area contributed by atoms with E-state index in [0.717, 1.165) is 61.7 Å². The van der Waals surface area contributed by atoms with E-state index in [1.54, 1.807) is 31.0 Å². The summed E-state index contributed by atoms with van der Waals surface area (Å²) in [5, 5.41) is 9.54. The van der Waals surface area contributed by atoms with E-state index in [1.165, 1.54) is 12.1 Å². The van der Waals surface area contributed by atoms with Gasteiger partial charge >= 0.3 is 0 Å². The molecule has 1 aliphatic rings. The van der Waals surface area contributed by atoms with Gasteiger partial charge in [0.1, 0.15) is 5.82 Å². The first-order chi connectivity index (χ1) is 12.3. The molecule has 0 amide bonds. The van der Waals surface area contributed by atoms with E-state index in [0.29, 0.717) is 6.61 Å². The summed E-state index contributed by atoms with van der Waals surface area (Å²) in [4.78, 5) is 2.38. The van der Waals surface area contributed by atoms with E-state index >= 15 is 0 Å². The van der Waals surface area contributed by atoms with E-state index in [9.17, 15) is 4.39 Å². The van der Waals surface area contributed by atoms with Gasteiger partial charge in [-0.1, -0.05) is 11.8 Å². The van der Waals surface area contributed by atoms with Crippen LogP contribution in [0.3, 0.4) is 0 Å². The summed E-state index contributed by atoms with van der Waals surface area (Å²) < 4.78 is 25.9. The topological polar surface area (TPSA) is 52.4 Å². The number of thioether (sulfide) groups is 1. The Morgan fingerprint density at radius 1 is 1.16 bits per heavy atom. The van der Waals surface area contributed by atoms with E-state index in [1.807, 2.05) is 0 Å². The molecule has 0 saturated carbocycles. The van der Waals surface area contributed by atoms with Gasteiger partial charge in [-0.05, 0) is 24.3 Å². The molecule has 0 atom stereocenters. The van der Waals surface area contributed by atoms with Crippen LogP contribution in [-0.4, -0.2) is 72.0 Å². The fraction of sp³-hybridized carbons (Fsp3) is 0.529. The van der Waals surface area contributed by atoms with Crippen LogP contribution < -0.4 is 0 Å². The molecule has 136 valence electrons. The van der Waals surface area contributed by atoms with Crippen LogP contribution in [0.1, 0.15) is 0 Å². The molecule has 2 aromatic rings. The summed E-state index contributed by atoms with van der Waals surface area (Å²) in [6.07, 6.45) is 0. The predicted molar refractivity (Wildman–Crippen MR) is 95.3 cm³/mol. The van der Waals surface area contributed by atoms with Crippen LogP contribution in [0.5, 0.6) is 0 Å². The highest BCUT2D eigenvalue weighted by atomic mass is 32.2. The van der Waals surface area contributed by atoms with Gasteiger partial charge in [-0.2, -0.15) is 0 Å². The molecule has 0 spiro atoms. The van der Waals surface area contributed by atoms with Crippen molar-refractivity contribution in [1.29, 1.82) is 0 Å². The maximum absolute atomic E-state index is 13.2. The van der Waals surface area contributed by atoms with Gasteiger partial charge in [-0.25, -0.2) is 4.39 Å². The monoisotopic (exact) mass is 366 g/mol. The Bertz CT molecular complexity index is 659. The zero-order chi connectivity index (χ0) is 17.5. The number of ether oxygens (including phenoxy) is 2. The molecule has 1 aromatic heterocycles. The van der Waals surface area contributed by atoms with Crippen molar-refractivity contribution >= 4 is 11.8 Å². The van der Waals surface area contributed by atoms with Gasteiger partial charge in [0, 0.05) is 44.6 Å². The maximum Gasteiger partial charge on any atom is 0.191 e. The van der Waals surface area contributed by atoms with Crippen LogP contribution in [0.2, 0.25) is 0 Å². The highest BCUT2D eigenvalue weighted by molar-refractivity contribution is 7.99. The third-order valence-corrected chi connectivity index (χ3v) is 5.01. The number of benzene rings is 1.